The van der Waals surface area contributed by atoms with Crippen molar-refractivity contribution < 1.29 is 26.8 Å². The van der Waals surface area contributed by atoms with E-state index in [9.17, 15) is 21.6 Å². The van der Waals surface area contributed by atoms with E-state index < -0.39 is 38.5 Å². The van der Waals surface area contributed by atoms with Gasteiger partial charge in [0.2, 0.25) is 20.0 Å². The average Bonchev–Trinajstić information content (AvgIpc) is 2.63. The highest BCUT2D eigenvalue weighted by atomic mass is 35.5. The Balaban J connectivity index is 2.27. The fourth-order valence-electron chi connectivity index (χ4n) is 2.99. The third kappa shape index (κ3) is 5.78. The lowest BCUT2D eigenvalue weighted by atomic mass is 10.1. The van der Waals surface area contributed by atoms with Gasteiger partial charge in [0.1, 0.15) is 6.04 Å². The van der Waals surface area contributed by atoms with Gasteiger partial charge in [0.25, 0.3) is 5.91 Å². The topological polar surface area (TPSA) is 142 Å². The predicted molar refractivity (Wildman–Crippen MR) is 111 cm³/mol. The van der Waals surface area contributed by atoms with Crippen molar-refractivity contribution in [2.75, 3.05) is 6.54 Å². The average molecular weight is 476 g/mol. The second kappa shape index (κ2) is 9.41. The Labute approximate surface area is 180 Å². The highest BCUT2D eigenvalue weighted by molar-refractivity contribution is 7.90. The van der Waals surface area contributed by atoms with Crippen molar-refractivity contribution >= 4 is 37.6 Å². The van der Waals surface area contributed by atoms with E-state index in [0.717, 1.165) is 5.56 Å². The molecule has 12 heteroatoms. The van der Waals surface area contributed by atoms with Gasteiger partial charge in [-0.05, 0) is 56.2 Å². The van der Waals surface area contributed by atoms with Gasteiger partial charge in [-0.15, -0.1) is 0 Å². The largest absolute Gasteiger partial charge is 0.289 e. The lowest BCUT2D eigenvalue weighted by Gasteiger charge is -2.19. The minimum Gasteiger partial charge on any atom is -0.289 e. The van der Waals surface area contributed by atoms with Crippen LogP contribution in [0.25, 0.3) is 0 Å². The van der Waals surface area contributed by atoms with E-state index in [4.69, 9.17) is 16.8 Å². The van der Waals surface area contributed by atoms with Gasteiger partial charge in [0, 0.05) is 11.6 Å². The Bertz CT molecular complexity index is 1130. The lowest BCUT2D eigenvalue weighted by Crippen LogP contribution is -2.52. The molecule has 0 aliphatic rings. The molecule has 0 saturated carbocycles. The number of carbonyl (C=O) groups is 1. The SMILES string of the molecule is Cc1cc(C)c(S(=O)(=O)NCC(NS(=O)(=O)c2ccc(Cl)cc2)C(=O)NO)c(C)c1. The monoisotopic (exact) mass is 475 g/mol. The normalized spacial score (nSPS) is 13.1. The molecule has 0 heterocycles. The Hall–Kier alpha value is -2.02. The van der Waals surface area contributed by atoms with Crippen molar-refractivity contribution in [1.82, 2.24) is 14.9 Å². The van der Waals surface area contributed by atoms with Gasteiger partial charge < -0.3 is 0 Å². The summed E-state index contributed by atoms with van der Waals surface area (Å²) in [5.41, 5.74) is 3.23. The first kappa shape index (κ1) is 24.3. The molecule has 2 aromatic rings. The summed E-state index contributed by atoms with van der Waals surface area (Å²) in [5.74, 6) is -1.13. The molecule has 0 spiro atoms. The van der Waals surface area contributed by atoms with E-state index in [1.165, 1.54) is 29.7 Å². The van der Waals surface area contributed by atoms with Crippen LogP contribution < -0.4 is 14.9 Å². The Morgan fingerprint density at radius 1 is 1.00 bits per heavy atom. The Morgan fingerprint density at radius 3 is 2.03 bits per heavy atom. The fourth-order valence-corrected chi connectivity index (χ4v) is 5.81. The number of hydroxylamine groups is 1. The molecule has 0 fully saturated rings. The first-order valence-electron chi connectivity index (χ1n) is 8.67. The Kier molecular flexibility index (Phi) is 7.61. The van der Waals surface area contributed by atoms with Gasteiger partial charge in [-0.25, -0.2) is 27.0 Å². The lowest BCUT2D eigenvalue weighted by molar-refractivity contribution is -0.130. The van der Waals surface area contributed by atoms with Gasteiger partial charge in [-0.2, -0.15) is 4.72 Å². The van der Waals surface area contributed by atoms with Crippen molar-refractivity contribution in [3.8, 4) is 0 Å². The van der Waals surface area contributed by atoms with Crippen LogP contribution in [0.4, 0.5) is 0 Å². The van der Waals surface area contributed by atoms with Crippen LogP contribution in [0, 0.1) is 20.8 Å². The summed E-state index contributed by atoms with van der Waals surface area (Å²) >= 11 is 5.74. The summed E-state index contributed by atoms with van der Waals surface area (Å²) in [7, 11) is -8.27. The van der Waals surface area contributed by atoms with Crippen LogP contribution in [0.1, 0.15) is 16.7 Å². The van der Waals surface area contributed by atoms with E-state index >= 15 is 0 Å². The van der Waals surface area contributed by atoms with Gasteiger partial charge in [-0.3, -0.25) is 10.0 Å². The molecule has 1 amide bonds. The summed E-state index contributed by atoms with van der Waals surface area (Å²) in [4.78, 5) is 11.8. The van der Waals surface area contributed by atoms with Gasteiger partial charge in [0.05, 0.1) is 9.79 Å². The van der Waals surface area contributed by atoms with Crippen LogP contribution in [-0.4, -0.2) is 40.5 Å². The molecular weight excluding hydrogens is 454 g/mol. The maximum absolute atomic E-state index is 12.8. The quantitative estimate of drug-likeness (QED) is 0.336. The number of hydrogen-bond acceptors (Lipinski definition) is 6. The van der Waals surface area contributed by atoms with E-state index in [-0.39, 0.29) is 9.79 Å². The minimum atomic E-state index is -4.20. The first-order chi connectivity index (χ1) is 13.9. The van der Waals surface area contributed by atoms with Crippen LogP contribution in [0.5, 0.6) is 0 Å². The number of aryl methyl sites for hydroxylation is 3. The predicted octanol–water partition coefficient (Wildman–Crippen LogP) is 1.40. The molecule has 0 saturated heterocycles. The minimum absolute atomic E-state index is 0.0387. The number of halogens is 1. The second-order valence-corrected chi connectivity index (χ2v) is 10.5. The summed E-state index contributed by atoms with van der Waals surface area (Å²) in [6.07, 6.45) is 0. The Morgan fingerprint density at radius 2 is 1.53 bits per heavy atom. The van der Waals surface area contributed by atoms with Crippen LogP contribution in [0.15, 0.2) is 46.2 Å². The van der Waals surface area contributed by atoms with Crippen LogP contribution in [0.2, 0.25) is 5.02 Å². The number of rotatable bonds is 8. The molecule has 2 aromatic carbocycles. The van der Waals surface area contributed by atoms with E-state index in [2.05, 4.69) is 9.44 Å². The molecule has 0 aliphatic carbocycles. The number of benzene rings is 2. The third-order valence-electron chi connectivity index (χ3n) is 4.20. The molecule has 30 heavy (non-hydrogen) atoms. The smallest absolute Gasteiger partial charge is 0.262 e. The van der Waals surface area contributed by atoms with Gasteiger partial charge in [0.15, 0.2) is 0 Å². The molecule has 4 N–H and O–H groups in total. The number of nitrogens with one attached hydrogen (secondary N) is 3. The molecule has 9 nitrogen and oxygen atoms in total. The zero-order valence-electron chi connectivity index (χ0n) is 16.4. The molecule has 0 bridgehead atoms. The molecule has 0 radical (unpaired) electrons. The van der Waals surface area contributed by atoms with E-state index in [0.29, 0.717) is 16.1 Å². The van der Waals surface area contributed by atoms with E-state index in [1.807, 2.05) is 6.92 Å². The van der Waals surface area contributed by atoms with Crippen molar-refractivity contribution in [2.45, 2.75) is 36.6 Å². The highest BCUT2D eigenvalue weighted by Crippen LogP contribution is 2.21. The third-order valence-corrected chi connectivity index (χ3v) is 7.67. The van der Waals surface area contributed by atoms with Crippen molar-refractivity contribution in [1.29, 1.82) is 0 Å². The molecular formula is C18H22ClN3O6S2. The summed E-state index contributed by atoms with van der Waals surface area (Å²) in [6.45, 7) is 4.47. The van der Waals surface area contributed by atoms with Crippen LogP contribution in [-0.2, 0) is 24.8 Å². The molecule has 164 valence electrons. The van der Waals surface area contributed by atoms with Crippen molar-refractivity contribution in [2.24, 2.45) is 0 Å². The van der Waals surface area contributed by atoms with Crippen molar-refractivity contribution in [3.63, 3.8) is 0 Å². The summed E-state index contributed by atoms with van der Waals surface area (Å²) < 4.78 is 54.9. The standard InChI is InChI=1S/C18H22ClN3O6S2/c1-11-8-12(2)17(13(3)9-11)30(27,28)20-10-16(18(23)21-24)22-29(25,26)15-6-4-14(19)5-7-15/h4-9,16,20,22,24H,10H2,1-3H3,(H,21,23). The van der Waals surface area contributed by atoms with Gasteiger partial charge in [-0.1, -0.05) is 29.3 Å². The zero-order valence-corrected chi connectivity index (χ0v) is 18.8. The summed E-state index contributed by atoms with van der Waals surface area (Å²) in [5, 5.41) is 9.26. The van der Waals surface area contributed by atoms with E-state index in [1.54, 1.807) is 26.0 Å². The van der Waals surface area contributed by atoms with Crippen LogP contribution in [0.3, 0.4) is 0 Å². The maximum Gasteiger partial charge on any atom is 0.262 e. The summed E-state index contributed by atoms with van der Waals surface area (Å²) in [6, 6.07) is 6.93. The molecule has 1 unspecified atom stereocenters. The molecule has 2 rings (SSSR count). The van der Waals surface area contributed by atoms with Gasteiger partial charge >= 0.3 is 0 Å². The first-order valence-corrected chi connectivity index (χ1v) is 12.0. The number of hydrogen-bond donors (Lipinski definition) is 4. The van der Waals surface area contributed by atoms with Crippen molar-refractivity contribution in [3.05, 3.63) is 58.1 Å². The maximum atomic E-state index is 12.8. The second-order valence-electron chi connectivity index (χ2n) is 6.68. The number of sulfonamides is 2. The zero-order chi connectivity index (χ0) is 22.7. The molecule has 0 aliphatic heterocycles. The highest BCUT2D eigenvalue weighted by Gasteiger charge is 2.28. The number of carbonyl (C=O) groups excluding carboxylic acids is 1. The number of amides is 1. The molecule has 0 aromatic heterocycles. The van der Waals surface area contributed by atoms with Crippen LogP contribution >= 0.6 is 11.6 Å². The fraction of sp³-hybridized carbons (Fsp3) is 0.278. The molecule has 1 atom stereocenters.